The summed E-state index contributed by atoms with van der Waals surface area (Å²) in [5.41, 5.74) is 7.40. The van der Waals surface area contributed by atoms with Gasteiger partial charge in [0.1, 0.15) is 7.05 Å². The third kappa shape index (κ3) is 0.560. The number of hydroxylamine groups is 2. The Morgan fingerprint density at radius 2 is 2.43 bits per heavy atom. The van der Waals surface area contributed by atoms with Crippen molar-refractivity contribution < 1.29 is 9.69 Å². The molecule has 0 amide bonds. The van der Waals surface area contributed by atoms with Crippen LogP contribution in [0.1, 0.15) is 0 Å². The van der Waals surface area contributed by atoms with Gasteiger partial charge in [-0.2, -0.15) is 0 Å². The number of nitrogens with one attached hydrogen (secondary N) is 2. The summed E-state index contributed by atoms with van der Waals surface area (Å²) < 4.78 is -0.0833. The monoisotopic (exact) mass is 103 g/mol. The lowest BCUT2D eigenvalue weighted by atomic mass is 10.9. The van der Waals surface area contributed by atoms with Gasteiger partial charge in [0.05, 0.1) is 5.59 Å². The first kappa shape index (κ1) is 4.51. The lowest BCUT2D eigenvalue weighted by Gasteiger charge is -1.91. The predicted molar refractivity (Wildman–Crippen MR) is 22.3 cm³/mol. The Hall–Kier alpha value is -0.650. The SMILES string of the molecule is C[N+]1(C(=N)N)NO1. The van der Waals surface area contributed by atoms with Crippen LogP contribution >= 0.6 is 0 Å². The molecule has 5 nitrogen and oxygen atoms in total. The summed E-state index contributed by atoms with van der Waals surface area (Å²) in [4.78, 5) is 4.50. The minimum atomic E-state index is -0.0833. The fourth-order valence-corrected chi connectivity index (χ4v) is 0.160. The second-order valence-corrected chi connectivity index (χ2v) is 1.49. The van der Waals surface area contributed by atoms with Gasteiger partial charge in [-0.15, -0.1) is 0 Å². The van der Waals surface area contributed by atoms with Crippen LogP contribution in [-0.4, -0.2) is 17.8 Å². The molecule has 0 bridgehead atoms. The highest BCUT2D eigenvalue weighted by Gasteiger charge is 2.46. The van der Waals surface area contributed by atoms with Gasteiger partial charge in [-0.25, -0.2) is 5.41 Å². The van der Waals surface area contributed by atoms with E-state index >= 15 is 0 Å². The minimum Gasteiger partial charge on any atom is -0.334 e. The van der Waals surface area contributed by atoms with Crippen molar-refractivity contribution in [3.05, 3.63) is 0 Å². The van der Waals surface area contributed by atoms with Crippen LogP contribution in [0.15, 0.2) is 0 Å². The Balaban J connectivity index is 2.55. The van der Waals surface area contributed by atoms with E-state index in [1.54, 1.807) is 7.05 Å². The van der Waals surface area contributed by atoms with E-state index in [0.717, 1.165) is 0 Å². The van der Waals surface area contributed by atoms with Crippen molar-refractivity contribution in [2.75, 3.05) is 7.05 Å². The average Bonchev–Trinajstić information content (AvgIpc) is 2.21. The molecule has 1 unspecified atom stereocenters. The molecule has 1 aliphatic rings. The lowest BCUT2D eigenvalue weighted by molar-refractivity contribution is -0.823. The van der Waals surface area contributed by atoms with Crippen LogP contribution in [0, 0.1) is 5.41 Å². The van der Waals surface area contributed by atoms with Crippen molar-refractivity contribution in [2.45, 2.75) is 0 Å². The van der Waals surface area contributed by atoms with E-state index < -0.39 is 0 Å². The molecule has 0 aromatic heterocycles. The normalized spacial score (nSPS) is 37.9. The summed E-state index contributed by atoms with van der Waals surface area (Å²) >= 11 is 0. The number of quaternary nitrogens is 1. The van der Waals surface area contributed by atoms with E-state index in [-0.39, 0.29) is 10.7 Å². The summed E-state index contributed by atoms with van der Waals surface area (Å²) in [6.45, 7) is 0. The van der Waals surface area contributed by atoms with E-state index in [1.807, 2.05) is 0 Å². The standard InChI is InChI=1S/C2H7N4O/c1-6(2(3)4)5-7-6/h5H,1H3,(H3,3,4)/q+1. The molecule has 0 aromatic carbocycles. The summed E-state index contributed by atoms with van der Waals surface area (Å²) in [6, 6.07) is 0. The zero-order valence-corrected chi connectivity index (χ0v) is 3.93. The fraction of sp³-hybridized carbons (Fsp3) is 0.500. The Morgan fingerprint density at radius 1 is 2.00 bits per heavy atom. The van der Waals surface area contributed by atoms with Crippen molar-refractivity contribution in [1.82, 2.24) is 5.59 Å². The van der Waals surface area contributed by atoms with Gasteiger partial charge in [-0.1, -0.05) is 0 Å². The van der Waals surface area contributed by atoms with Crippen molar-refractivity contribution >= 4 is 5.96 Å². The highest BCUT2D eigenvalue weighted by atomic mass is 17.1. The van der Waals surface area contributed by atoms with Crippen LogP contribution < -0.4 is 11.3 Å². The first-order chi connectivity index (χ1) is 3.15. The lowest BCUT2D eigenvalue weighted by Crippen LogP contribution is -2.37. The molecule has 1 heterocycles. The van der Waals surface area contributed by atoms with E-state index in [0.29, 0.717) is 0 Å². The molecule has 0 saturated carbocycles. The van der Waals surface area contributed by atoms with E-state index in [4.69, 9.17) is 11.1 Å². The molecule has 1 saturated heterocycles. The molecule has 0 radical (unpaired) electrons. The van der Waals surface area contributed by atoms with Crippen molar-refractivity contribution in [1.29, 1.82) is 5.41 Å². The second-order valence-electron chi connectivity index (χ2n) is 1.49. The molecule has 5 heteroatoms. The van der Waals surface area contributed by atoms with Crippen LogP contribution in [0.2, 0.25) is 0 Å². The summed E-state index contributed by atoms with van der Waals surface area (Å²) in [7, 11) is 1.63. The highest BCUT2D eigenvalue weighted by Crippen LogP contribution is 2.07. The zero-order valence-electron chi connectivity index (χ0n) is 3.93. The van der Waals surface area contributed by atoms with Crippen molar-refractivity contribution in [2.24, 2.45) is 5.73 Å². The summed E-state index contributed by atoms with van der Waals surface area (Å²) in [5.74, 6) is -0.0417. The third-order valence-electron chi connectivity index (χ3n) is 0.825. The van der Waals surface area contributed by atoms with E-state index in [2.05, 4.69) is 10.5 Å². The van der Waals surface area contributed by atoms with Gasteiger partial charge < -0.3 is 5.73 Å². The maximum atomic E-state index is 6.77. The van der Waals surface area contributed by atoms with Crippen LogP contribution in [-0.2, 0) is 4.94 Å². The van der Waals surface area contributed by atoms with Crippen LogP contribution in [0.25, 0.3) is 0 Å². The summed E-state index contributed by atoms with van der Waals surface area (Å²) in [6.07, 6.45) is 0. The maximum absolute atomic E-state index is 6.77. The number of guanidine groups is 1. The Bertz CT molecular complexity index is 106. The quantitative estimate of drug-likeness (QED) is 0.154. The van der Waals surface area contributed by atoms with Gasteiger partial charge in [-0.05, 0) is 4.94 Å². The number of nitrogens with two attached hydrogens (primary N) is 1. The first-order valence-electron chi connectivity index (χ1n) is 1.82. The van der Waals surface area contributed by atoms with Gasteiger partial charge in [-0.3, -0.25) is 0 Å². The second kappa shape index (κ2) is 0.945. The van der Waals surface area contributed by atoms with Gasteiger partial charge in [0.2, 0.25) is 0 Å². The first-order valence-corrected chi connectivity index (χ1v) is 1.82. The number of hydrogen-bond donors (Lipinski definition) is 3. The third-order valence-corrected chi connectivity index (χ3v) is 0.825. The smallest absolute Gasteiger partial charge is 0.334 e. The minimum absolute atomic E-state index is 0.0417. The highest BCUT2D eigenvalue weighted by molar-refractivity contribution is 5.66. The van der Waals surface area contributed by atoms with Gasteiger partial charge in [0.15, 0.2) is 0 Å². The molecule has 40 valence electrons. The van der Waals surface area contributed by atoms with Gasteiger partial charge in [0, 0.05) is 4.76 Å². The van der Waals surface area contributed by atoms with Crippen molar-refractivity contribution in [3.63, 3.8) is 0 Å². The molecule has 0 spiro atoms. The van der Waals surface area contributed by atoms with Crippen molar-refractivity contribution in [3.8, 4) is 0 Å². The summed E-state index contributed by atoms with van der Waals surface area (Å²) in [5, 5.41) is 6.77. The average molecular weight is 103 g/mol. The largest absolute Gasteiger partial charge is 0.350 e. The Labute approximate surface area is 40.6 Å². The molecule has 4 N–H and O–H groups in total. The number of rotatable bonds is 0. The Kier molecular flexibility index (Phi) is 0.609. The van der Waals surface area contributed by atoms with Crippen LogP contribution in [0.5, 0.6) is 0 Å². The molecular weight excluding hydrogens is 96.0 g/mol. The molecule has 1 fully saturated rings. The Morgan fingerprint density at radius 3 is 2.43 bits per heavy atom. The predicted octanol–water partition coefficient (Wildman–Crippen LogP) is -1.31. The molecule has 1 atom stereocenters. The number of nitrogens with zero attached hydrogens (tertiary/aromatic N) is 1. The maximum Gasteiger partial charge on any atom is 0.350 e. The fourth-order valence-electron chi connectivity index (χ4n) is 0.160. The van der Waals surface area contributed by atoms with E-state index in [9.17, 15) is 0 Å². The van der Waals surface area contributed by atoms with Crippen LogP contribution in [0.3, 0.4) is 0 Å². The molecular formula is C2H7N4O+. The van der Waals surface area contributed by atoms with Gasteiger partial charge in [0.25, 0.3) is 0 Å². The number of hydrogen-bond acceptors (Lipinski definition) is 3. The topological polar surface area (TPSA) is 84.3 Å². The molecule has 1 aliphatic heterocycles. The molecule has 1 rings (SSSR count). The van der Waals surface area contributed by atoms with E-state index in [1.165, 1.54) is 0 Å². The molecule has 0 aromatic rings. The molecule has 7 heavy (non-hydrogen) atoms. The van der Waals surface area contributed by atoms with Gasteiger partial charge >= 0.3 is 5.96 Å². The molecule has 0 aliphatic carbocycles. The van der Waals surface area contributed by atoms with Crippen LogP contribution in [0.4, 0.5) is 0 Å². The zero-order chi connectivity index (χ0) is 5.49.